The van der Waals surface area contributed by atoms with Gasteiger partial charge in [-0.3, -0.25) is 4.79 Å². The summed E-state index contributed by atoms with van der Waals surface area (Å²) in [6.45, 7) is 2.16. The van der Waals surface area contributed by atoms with Crippen LogP contribution in [0.5, 0.6) is 5.75 Å². The molecule has 0 aliphatic heterocycles. The molecule has 28 heavy (non-hydrogen) atoms. The van der Waals surface area contributed by atoms with Crippen LogP contribution in [0.15, 0.2) is 36.7 Å². The number of esters is 1. The molecule has 1 N–H and O–H groups in total. The number of amides is 1. The summed E-state index contributed by atoms with van der Waals surface area (Å²) in [5, 5.41) is 2.84. The molecule has 1 saturated carbocycles. The van der Waals surface area contributed by atoms with Crippen LogP contribution < -0.4 is 14.7 Å². The number of nitrogens with zero attached hydrogens (tertiary/aromatic N) is 2. The number of nitrogens with one attached hydrogen (secondary N) is 1. The van der Waals surface area contributed by atoms with Gasteiger partial charge in [0.1, 0.15) is 5.75 Å². The zero-order valence-corrected chi connectivity index (χ0v) is 16.5. The molecule has 1 amide bonds. The number of hydrogen-bond acceptors (Lipinski definition) is 4. The fourth-order valence-electron chi connectivity index (χ4n) is 3.74. The number of benzene rings is 1. The number of ether oxygens (including phenoxy) is 2. The molecule has 0 bridgehead atoms. The first-order valence-electron chi connectivity index (χ1n) is 9.84. The van der Waals surface area contributed by atoms with Gasteiger partial charge < -0.3 is 14.8 Å². The average Bonchev–Trinajstić information content (AvgIpc) is 3.17. The zero-order chi connectivity index (χ0) is 19.9. The molecule has 0 spiro atoms. The van der Waals surface area contributed by atoms with Crippen molar-refractivity contribution in [1.82, 2.24) is 4.68 Å². The van der Waals surface area contributed by atoms with Crippen molar-refractivity contribution in [2.45, 2.75) is 51.6 Å². The second kappa shape index (κ2) is 9.39. The summed E-state index contributed by atoms with van der Waals surface area (Å²) in [7, 11) is 1.50. The van der Waals surface area contributed by atoms with E-state index in [1.54, 1.807) is 25.1 Å². The van der Waals surface area contributed by atoms with Crippen molar-refractivity contribution < 1.29 is 23.7 Å². The van der Waals surface area contributed by atoms with E-state index in [1.807, 2.05) is 23.1 Å². The lowest BCUT2D eigenvalue weighted by Gasteiger charge is -2.21. The van der Waals surface area contributed by atoms with E-state index in [2.05, 4.69) is 10.00 Å². The number of hydrogen-bond donors (Lipinski definition) is 1. The van der Waals surface area contributed by atoms with Gasteiger partial charge in [-0.1, -0.05) is 25.3 Å². The molecule has 7 nitrogen and oxygen atoms in total. The van der Waals surface area contributed by atoms with Gasteiger partial charge in [0, 0.05) is 6.07 Å². The minimum Gasteiger partial charge on any atom is -0.495 e. The highest BCUT2D eigenvalue weighted by atomic mass is 16.5. The van der Waals surface area contributed by atoms with Gasteiger partial charge in [-0.2, -0.15) is 4.68 Å². The summed E-state index contributed by atoms with van der Waals surface area (Å²) in [6.07, 6.45) is 9.92. The highest BCUT2D eigenvalue weighted by molar-refractivity contribution is 6.02. The predicted molar refractivity (Wildman–Crippen MR) is 104 cm³/mol. The van der Waals surface area contributed by atoms with Crippen LogP contribution in [0.3, 0.4) is 0 Å². The first-order chi connectivity index (χ1) is 13.6. The van der Waals surface area contributed by atoms with Gasteiger partial charge in [0.15, 0.2) is 6.20 Å². The number of aromatic nitrogens is 2. The molecule has 1 aromatic carbocycles. The van der Waals surface area contributed by atoms with E-state index in [9.17, 15) is 9.59 Å². The SMILES string of the molecule is CCOC(=O)c1cccc(OC)c1NC(=O)C[n+]1cccn1C1CCCCC1. The topological polar surface area (TPSA) is 73.4 Å². The molecule has 1 aliphatic carbocycles. The monoisotopic (exact) mass is 386 g/mol. The van der Waals surface area contributed by atoms with Crippen LogP contribution in [-0.2, 0) is 16.1 Å². The maximum atomic E-state index is 12.8. The predicted octanol–water partition coefficient (Wildman–Crippen LogP) is 3.10. The fourth-order valence-corrected chi connectivity index (χ4v) is 3.74. The van der Waals surface area contributed by atoms with Gasteiger partial charge in [-0.25, -0.2) is 4.79 Å². The Labute approximate surface area is 165 Å². The summed E-state index contributed by atoms with van der Waals surface area (Å²) in [5.74, 6) is -0.294. The molecule has 1 fully saturated rings. The number of rotatable bonds is 7. The van der Waals surface area contributed by atoms with Crippen molar-refractivity contribution in [2.24, 2.45) is 0 Å². The molecule has 0 radical (unpaired) electrons. The Morgan fingerprint density at radius 3 is 2.71 bits per heavy atom. The van der Waals surface area contributed by atoms with Crippen LogP contribution in [-0.4, -0.2) is 30.3 Å². The van der Waals surface area contributed by atoms with Crippen LogP contribution in [0.4, 0.5) is 5.69 Å². The molecule has 1 aliphatic rings. The lowest BCUT2D eigenvalue weighted by molar-refractivity contribution is -0.767. The third kappa shape index (κ3) is 4.52. The third-order valence-electron chi connectivity index (χ3n) is 5.05. The van der Waals surface area contributed by atoms with Crippen molar-refractivity contribution in [3.63, 3.8) is 0 Å². The Kier molecular flexibility index (Phi) is 6.68. The largest absolute Gasteiger partial charge is 0.495 e. The molecule has 150 valence electrons. The highest BCUT2D eigenvalue weighted by Crippen LogP contribution is 2.29. The van der Waals surface area contributed by atoms with E-state index in [4.69, 9.17) is 9.47 Å². The molecule has 7 heteroatoms. The minimum atomic E-state index is -0.491. The molecule has 3 rings (SSSR count). The summed E-state index contributed by atoms with van der Waals surface area (Å²) in [5.41, 5.74) is 0.618. The van der Waals surface area contributed by atoms with Gasteiger partial charge in [0.25, 0.3) is 5.91 Å². The summed E-state index contributed by atoms with van der Waals surface area (Å²) < 4.78 is 14.5. The van der Waals surface area contributed by atoms with Crippen LogP contribution in [0.2, 0.25) is 0 Å². The average molecular weight is 386 g/mol. The molecule has 0 unspecified atom stereocenters. The van der Waals surface area contributed by atoms with Gasteiger partial charge >= 0.3 is 5.97 Å². The van der Waals surface area contributed by atoms with E-state index < -0.39 is 5.97 Å². The highest BCUT2D eigenvalue weighted by Gasteiger charge is 2.25. The number of carbonyl (C=O) groups is 2. The maximum Gasteiger partial charge on any atom is 0.340 e. The number of para-hydroxylation sites is 1. The molecule has 1 aromatic heterocycles. The van der Waals surface area contributed by atoms with Crippen LogP contribution >= 0.6 is 0 Å². The Morgan fingerprint density at radius 2 is 2.00 bits per heavy atom. The van der Waals surface area contributed by atoms with Crippen LogP contribution in [0.25, 0.3) is 0 Å². The number of methoxy groups -OCH3 is 1. The quantitative estimate of drug-likeness (QED) is 0.586. The zero-order valence-electron chi connectivity index (χ0n) is 16.5. The summed E-state index contributed by atoms with van der Waals surface area (Å²) >= 11 is 0. The second-order valence-corrected chi connectivity index (χ2v) is 6.91. The Morgan fingerprint density at radius 1 is 1.21 bits per heavy atom. The molecular formula is C21H28N3O4+. The third-order valence-corrected chi connectivity index (χ3v) is 5.05. The lowest BCUT2D eigenvalue weighted by Crippen LogP contribution is -2.48. The summed E-state index contributed by atoms with van der Waals surface area (Å²) in [4.78, 5) is 25.0. The van der Waals surface area contributed by atoms with E-state index in [1.165, 1.54) is 26.4 Å². The van der Waals surface area contributed by atoms with E-state index in [-0.39, 0.29) is 24.6 Å². The molecule has 1 heterocycles. The van der Waals surface area contributed by atoms with Crippen molar-refractivity contribution in [3.8, 4) is 5.75 Å². The van der Waals surface area contributed by atoms with E-state index >= 15 is 0 Å². The van der Waals surface area contributed by atoms with E-state index in [0.717, 1.165) is 12.8 Å². The lowest BCUT2D eigenvalue weighted by atomic mass is 9.96. The number of carbonyl (C=O) groups excluding carboxylic acids is 2. The fraction of sp³-hybridized carbons (Fsp3) is 0.476. The maximum absolute atomic E-state index is 12.8. The van der Waals surface area contributed by atoms with Crippen molar-refractivity contribution >= 4 is 17.6 Å². The normalized spacial score (nSPS) is 14.5. The molecule has 2 aromatic rings. The van der Waals surface area contributed by atoms with E-state index in [0.29, 0.717) is 17.5 Å². The Balaban J connectivity index is 1.77. The van der Waals surface area contributed by atoms with Crippen molar-refractivity contribution in [1.29, 1.82) is 0 Å². The van der Waals surface area contributed by atoms with Gasteiger partial charge in [-0.15, -0.1) is 4.68 Å². The minimum absolute atomic E-state index is 0.157. The first kappa shape index (κ1) is 19.9. The van der Waals surface area contributed by atoms with Gasteiger partial charge in [0.05, 0.1) is 37.2 Å². The Bertz CT molecular complexity index is 825. The van der Waals surface area contributed by atoms with Crippen LogP contribution in [0, 0.1) is 0 Å². The van der Waals surface area contributed by atoms with Gasteiger partial charge in [0.2, 0.25) is 6.54 Å². The molecule has 0 atom stereocenters. The van der Waals surface area contributed by atoms with Crippen LogP contribution in [0.1, 0.15) is 55.4 Å². The number of anilines is 1. The standard InChI is InChI=1S/C21H27N3O4/c1-3-28-21(26)17-11-7-12-18(27-2)20(17)22-19(25)15-23-13-8-14-24(23)16-9-5-4-6-10-16/h7-8,11-14,16H,3-6,9-10,15H2,1-2H3/p+1. The van der Waals surface area contributed by atoms with Crippen molar-refractivity contribution in [2.75, 3.05) is 19.0 Å². The molecule has 0 saturated heterocycles. The smallest absolute Gasteiger partial charge is 0.340 e. The first-order valence-corrected chi connectivity index (χ1v) is 9.84. The summed E-state index contributed by atoms with van der Waals surface area (Å²) in [6, 6.07) is 7.40. The second-order valence-electron chi connectivity index (χ2n) is 6.91. The van der Waals surface area contributed by atoms with Crippen molar-refractivity contribution in [3.05, 3.63) is 42.2 Å². The van der Waals surface area contributed by atoms with Gasteiger partial charge in [-0.05, 0) is 31.9 Å². The Hall–Kier alpha value is -2.83. The molecular weight excluding hydrogens is 358 g/mol.